The van der Waals surface area contributed by atoms with E-state index in [4.69, 9.17) is 10.5 Å². The lowest BCUT2D eigenvalue weighted by Crippen LogP contribution is -1.97. The van der Waals surface area contributed by atoms with E-state index in [0.717, 1.165) is 16.8 Å². The Hall–Kier alpha value is -2.79. The Balaban J connectivity index is 2.39. The molecule has 0 saturated heterocycles. The van der Waals surface area contributed by atoms with Crippen LogP contribution in [0.25, 0.3) is 0 Å². The molecule has 0 aliphatic rings. The zero-order valence-electron chi connectivity index (χ0n) is 10.1. The number of rotatable bonds is 2. The number of para-hydroxylation sites is 1. The summed E-state index contributed by atoms with van der Waals surface area (Å²) in [4.78, 5) is 6.81. The first-order valence-corrected chi connectivity index (χ1v) is 5.39. The van der Waals surface area contributed by atoms with Crippen LogP contribution in [0.1, 0.15) is 22.5 Å². The summed E-state index contributed by atoms with van der Waals surface area (Å²) in [5, 5.41) is 20.8. The van der Waals surface area contributed by atoms with Crippen LogP contribution in [0.15, 0.2) is 18.2 Å². The maximum absolute atomic E-state index is 8.84. The molecule has 0 fully saturated rings. The van der Waals surface area contributed by atoms with Crippen molar-refractivity contribution in [2.75, 3.05) is 5.32 Å². The minimum atomic E-state index is 0.103. The van der Waals surface area contributed by atoms with E-state index in [-0.39, 0.29) is 11.4 Å². The van der Waals surface area contributed by atoms with Gasteiger partial charge in [0, 0.05) is 5.69 Å². The van der Waals surface area contributed by atoms with Crippen LogP contribution >= 0.6 is 0 Å². The van der Waals surface area contributed by atoms with Crippen LogP contribution in [0.5, 0.6) is 0 Å². The third-order valence-corrected chi connectivity index (χ3v) is 2.65. The first-order chi connectivity index (χ1) is 8.65. The molecule has 0 bridgehead atoms. The SMILES string of the molecule is Cc1cccc(C)c1Nc1nc(C#N)c(C#N)[nH]1. The molecule has 88 valence electrons. The van der Waals surface area contributed by atoms with Gasteiger partial charge in [0.05, 0.1) is 0 Å². The molecular formula is C13H11N5. The molecule has 2 N–H and O–H groups in total. The molecule has 2 rings (SSSR count). The minimum absolute atomic E-state index is 0.103. The number of nitrogens with zero attached hydrogens (tertiary/aromatic N) is 3. The number of hydrogen-bond donors (Lipinski definition) is 2. The fourth-order valence-electron chi connectivity index (χ4n) is 1.72. The smallest absolute Gasteiger partial charge is 0.207 e. The van der Waals surface area contributed by atoms with Crippen LogP contribution in [-0.4, -0.2) is 9.97 Å². The Kier molecular flexibility index (Phi) is 2.99. The van der Waals surface area contributed by atoms with Gasteiger partial charge in [0.25, 0.3) is 0 Å². The van der Waals surface area contributed by atoms with E-state index in [1.54, 1.807) is 0 Å². The monoisotopic (exact) mass is 237 g/mol. The second kappa shape index (κ2) is 4.60. The molecule has 0 aliphatic heterocycles. The predicted molar refractivity (Wildman–Crippen MR) is 67.2 cm³/mol. The number of aromatic amines is 1. The van der Waals surface area contributed by atoms with E-state index in [1.165, 1.54) is 0 Å². The Morgan fingerprint density at radius 3 is 2.33 bits per heavy atom. The molecule has 0 amide bonds. The highest BCUT2D eigenvalue weighted by molar-refractivity contribution is 5.63. The van der Waals surface area contributed by atoms with Crippen molar-refractivity contribution in [3.63, 3.8) is 0 Å². The van der Waals surface area contributed by atoms with Crippen LogP contribution in [0, 0.1) is 36.5 Å². The number of hydrogen-bond acceptors (Lipinski definition) is 4. The van der Waals surface area contributed by atoms with Gasteiger partial charge in [-0.1, -0.05) is 18.2 Å². The molecule has 1 aromatic heterocycles. The van der Waals surface area contributed by atoms with Gasteiger partial charge in [-0.15, -0.1) is 0 Å². The number of nitrogens with one attached hydrogen (secondary N) is 2. The van der Waals surface area contributed by atoms with Gasteiger partial charge in [0.15, 0.2) is 11.4 Å². The van der Waals surface area contributed by atoms with Crippen molar-refractivity contribution in [1.82, 2.24) is 9.97 Å². The fraction of sp³-hybridized carbons (Fsp3) is 0.154. The molecule has 2 aromatic rings. The Morgan fingerprint density at radius 1 is 1.17 bits per heavy atom. The molecule has 0 radical (unpaired) electrons. The fourth-order valence-corrected chi connectivity index (χ4v) is 1.72. The molecule has 0 saturated carbocycles. The van der Waals surface area contributed by atoms with Gasteiger partial charge in [-0.3, -0.25) is 0 Å². The third-order valence-electron chi connectivity index (χ3n) is 2.65. The average molecular weight is 237 g/mol. The van der Waals surface area contributed by atoms with Gasteiger partial charge in [-0.2, -0.15) is 10.5 Å². The van der Waals surface area contributed by atoms with Crippen LogP contribution in [0.3, 0.4) is 0 Å². The van der Waals surface area contributed by atoms with Crippen LogP contribution in [-0.2, 0) is 0 Å². The lowest BCUT2D eigenvalue weighted by molar-refractivity contribution is 1.24. The van der Waals surface area contributed by atoms with E-state index in [2.05, 4.69) is 15.3 Å². The Morgan fingerprint density at radius 2 is 1.83 bits per heavy atom. The zero-order chi connectivity index (χ0) is 13.1. The highest BCUT2D eigenvalue weighted by atomic mass is 15.1. The molecule has 5 heteroatoms. The summed E-state index contributed by atoms with van der Waals surface area (Å²) in [5.74, 6) is 0.403. The van der Waals surface area contributed by atoms with Crippen molar-refractivity contribution in [3.8, 4) is 12.1 Å². The summed E-state index contributed by atoms with van der Waals surface area (Å²) in [6.07, 6.45) is 0. The minimum Gasteiger partial charge on any atom is -0.325 e. The molecule has 0 spiro atoms. The van der Waals surface area contributed by atoms with Crippen molar-refractivity contribution in [2.24, 2.45) is 0 Å². The summed E-state index contributed by atoms with van der Waals surface area (Å²) in [6.45, 7) is 3.96. The number of imidazole rings is 1. The largest absolute Gasteiger partial charge is 0.325 e. The van der Waals surface area contributed by atoms with Crippen LogP contribution in [0.4, 0.5) is 11.6 Å². The summed E-state index contributed by atoms with van der Waals surface area (Å²) < 4.78 is 0. The van der Waals surface area contributed by atoms with E-state index in [9.17, 15) is 0 Å². The number of anilines is 2. The standard InChI is InChI=1S/C13H11N5/c1-8-4-3-5-9(2)12(8)18-13-16-10(6-14)11(7-15)17-13/h3-5H,1-2H3,(H2,16,17,18). The maximum atomic E-state index is 8.84. The number of aromatic nitrogens is 2. The van der Waals surface area contributed by atoms with Crippen molar-refractivity contribution in [1.29, 1.82) is 10.5 Å². The first-order valence-electron chi connectivity index (χ1n) is 5.39. The summed E-state index contributed by atoms with van der Waals surface area (Å²) in [7, 11) is 0. The summed E-state index contributed by atoms with van der Waals surface area (Å²) in [5.41, 5.74) is 3.35. The molecule has 1 aromatic carbocycles. The maximum Gasteiger partial charge on any atom is 0.207 e. The third kappa shape index (κ3) is 2.02. The summed E-state index contributed by atoms with van der Waals surface area (Å²) >= 11 is 0. The number of benzene rings is 1. The van der Waals surface area contributed by atoms with Gasteiger partial charge < -0.3 is 10.3 Å². The first kappa shape index (κ1) is 11.7. The Labute approximate surface area is 105 Å². The van der Waals surface area contributed by atoms with Crippen molar-refractivity contribution in [3.05, 3.63) is 40.7 Å². The molecule has 18 heavy (non-hydrogen) atoms. The highest BCUT2D eigenvalue weighted by Gasteiger charge is 2.10. The van der Waals surface area contributed by atoms with Gasteiger partial charge in [-0.25, -0.2) is 4.98 Å². The quantitative estimate of drug-likeness (QED) is 0.839. The van der Waals surface area contributed by atoms with E-state index >= 15 is 0 Å². The second-order valence-corrected chi connectivity index (χ2v) is 3.92. The number of aryl methyl sites for hydroxylation is 2. The van der Waals surface area contributed by atoms with E-state index in [0.29, 0.717) is 5.95 Å². The van der Waals surface area contributed by atoms with Crippen molar-refractivity contribution >= 4 is 11.6 Å². The second-order valence-electron chi connectivity index (χ2n) is 3.92. The number of H-pyrrole nitrogens is 1. The number of nitriles is 2. The molecule has 0 unspecified atom stereocenters. The van der Waals surface area contributed by atoms with Crippen molar-refractivity contribution < 1.29 is 0 Å². The Bertz CT molecular complexity index is 618. The van der Waals surface area contributed by atoms with E-state index in [1.807, 2.05) is 44.2 Å². The normalized spacial score (nSPS) is 9.56. The van der Waals surface area contributed by atoms with Crippen LogP contribution in [0.2, 0.25) is 0 Å². The van der Waals surface area contributed by atoms with Gasteiger partial charge >= 0.3 is 0 Å². The molecular weight excluding hydrogens is 226 g/mol. The van der Waals surface area contributed by atoms with Crippen LogP contribution < -0.4 is 5.32 Å². The lowest BCUT2D eigenvalue weighted by atomic mass is 10.1. The van der Waals surface area contributed by atoms with Gasteiger partial charge in [0.2, 0.25) is 5.95 Å². The predicted octanol–water partition coefficient (Wildman–Crippen LogP) is 2.51. The van der Waals surface area contributed by atoms with Crippen molar-refractivity contribution in [2.45, 2.75) is 13.8 Å². The van der Waals surface area contributed by atoms with Gasteiger partial charge in [0.1, 0.15) is 12.1 Å². The lowest BCUT2D eigenvalue weighted by Gasteiger charge is -2.09. The highest BCUT2D eigenvalue weighted by Crippen LogP contribution is 2.23. The molecule has 1 heterocycles. The molecule has 5 nitrogen and oxygen atoms in total. The van der Waals surface area contributed by atoms with Gasteiger partial charge in [-0.05, 0) is 25.0 Å². The zero-order valence-corrected chi connectivity index (χ0v) is 10.1. The molecule has 0 atom stereocenters. The molecule has 0 aliphatic carbocycles. The summed E-state index contributed by atoms with van der Waals surface area (Å²) in [6, 6.07) is 9.71. The topological polar surface area (TPSA) is 88.3 Å². The average Bonchev–Trinajstić information content (AvgIpc) is 2.76. The van der Waals surface area contributed by atoms with E-state index < -0.39 is 0 Å².